The Morgan fingerprint density at radius 3 is 2.38 bits per heavy atom. The second kappa shape index (κ2) is 7.16. The van der Waals surface area contributed by atoms with Crippen LogP contribution in [0.5, 0.6) is 0 Å². The Bertz CT molecular complexity index is 1010. The minimum atomic E-state index is -1.25. The number of para-hydroxylation sites is 1. The van der Waals surface area contributed by atoms with Crippen molar-refractivity contribution in [1.29, 1.82) is 0 Å². The van der Waals surface area contributed by atoms with Crippen LogP contribution in [0.3, 0.4) is 0 Å². The first kappa shape index (κ1) is 18.9. The van der Waals surface area contributed by atoms with E-state index in [1.54, 1.807) is 7.05 Å². The van der Waals surface area contributed by atoms with Crippen molar-refractivity contribution < 1.29 is 14.4 Å². The number of nitrogens with zero attached hydrogens (tertiary/aromatic N) is 2. The van der Waals surface area contributed by atoms with E-state index in [4.69, 9.17) is 5.73 Å². The van der Waals surface area contributed by atoms with Crippen molar-refractivity contribution in [2.24, 2.45) is 16.1 Å². The molecule has 7 heteroatoms. The monoisotopic (exact) mass is 390 g/mol. The summed E-state index contributed by atoms with van der Waals surface area (Å²) in [6.45, 7) is 0. The van der Waals surface area contributed by atoms with E-state index in [1.807, 2.05) is 54.6 Å². The number of rotatable bonds is 4. The van der Waals surface area contributed by atoms with E-state index < -0.39 is 23.4 Å². The molecule has 1 unspecified atom stereocenters. The SMILES string of the molecule is CN1C(=O)C(NC(=O)C2(C(N)=O)CCC2)N=C(c2ccccc2)c2ccccc21. The minimum absolute atomic E-state index is 0.379. The zero-order valence-corrected chi connectivity index (χ0v) is 16.1. The number of nitrogens with two attached hydrogens (primary N) is 1. The molecule has 0 bridgehead atoms. The molecule has 1 heterocycles. The number of benzodiazepines with no additional fused rings is 1. The maximum atomic E-state index is 13.1. The summed E-state index contributed by atoms with van der Waals surface area (Å²) in [5.74, 6) is -1.58. The largest absolute Gasteiger partial charge is 0.369 e. The first-order valence-corrected chi connectivity index (χ1v) is 9.55. The van der Waals surface area contributed by atoms with Crippen LogP contribution in [-0.2, 0) is 14.4 Å². The fraction of sp³-hybridized carbons (Fsp3) is 0.273. The lowest BCUT2D eigenvalue weighted by Crippen LogP contribution is -2.57. The van der Waals surface area contributed by atoms with Crippen LogP contribution in [-0.4, -0.2) is 36.6 Å². The van der Waals surface area contributed by atoms with Gasteiger partial charge in [0, 0.05) is 18.2 Å². The first-order chi connectivity index (χ1) is 13.9. The summed E-state index contributed by atoms with van der Waals surface area (Å²) in [5.41, 5.74) is 7.16. The van der Waals surface area contributed by atoms with Gasteiger partial charge in [-0.05, 0) is 18.9 Å². The number of likely N-dealkylation sites (N-methyl/N-ethyl adjacent to an activating group) is 1. The number of amides is 3. The molecule has 1 aliphatic carbocycles. The molecule has 2 aliphatic rings. The fourth-order valence-electron chi connectivity index (χ4n) is 3.82. The molecule has 1 aliphatic heterocycles. The normalized spacial score (nSPS) is 20.0. The molecular weight excluding hydrogens is 368 g/mol. The molecule has 29 heavy (non-hydrogen) atoms. The van der Waals surface area contributed by atoms with E-state index in [0.717, 1.165) is 17.5 Å². The highest BCUT2D eigenvalue weighted by molar-refractivity contribution is 6.20. The van der Waals surface area contributed by atoms with Crippen molar-refractivity contribution in [2.75, 3.05) is 11.9 Å². The maximum Gasteiger partial charge on any atom is 0.272 e. The number of hydrogen-bond donors (Lipinski definition) is 2. The van der Waals surface area contributed by atoms with E-state index in [-0.39, 0.29) is 5.91 Å². The molecule has 2 aromatic carbocycles. The van der Waals surface area contributed by atoms with Gasteiger partial charge in [-0.3, -0.25) is 14.4 Å². The Balaban J connectivity index is 1.77. The summed E-state index contributed by atoms with van der Waals surface area (Å²) in [4.78, 5) is 44.0. The number of aliphatic imine (C=N–C) groups is 1. The molecule has 7 nitrogen and oxygen atoms in total. The maximum absolute atomic E-state index is 13.1. The van der Waals surface area contributed by atoms with Gasteiger partial charge in [-0.25, -0.2) is 4.99 Å². The van der Waals surface area contributed by atoms with Crippen LogP contribution >= 0.6 is 0 Å². The lowest BCUT2D eigenvalue weighted by Gasteiger charge is -2.37. The molecule has 0 aromatic heterocycles. The molecule has 4 rings (SSSR count). The average Bonchev–Trinajstić information content (AvgIpc) is 2.78. The van der Waals surface area contributed by atoms with Crippen molar-refractivity contribution in [1.82, 2.24) is 5.32 Å². The van der Waals surface area contributed by atoms with E-state index >= 15 is 0 Å². The van der Waals surface area contributed by atoms with E-state index in [9.17, 15) is 14.4 Å². The van der Waals surface area contributed by atoms with Gasteiger partial charge in [0.25, 0.3) is 5.91 Å². The first-order valence-electron chi connectivity index (χ1n) is 9.55. The standard InChI is InChI=1S/C22H22N4O3/c1-26-16-11-6-5-10-15(16)17(14-8-3-2-4-9-14)24-18(19(26)27)25-21(29)22(20(23)28)12-7-13-22/h2-6,8-11,18H,7,12-13H2,1H3,(H2,23,28)(H,25,29). The Morgan fingerprint density at radius 2 is 1.76 bits per heavy atom. The summed E-state index contributed by atoms with van der Waals surface area (Å²) < 4.78 is 0. The van der Waals surface area contributed by atoms with E-state index in [0.29, 0.717) is 24.2 Å². The highest BCUT2D eigenvalue weighted by atomic mass is 16.2. The van der Waals surface area contributed by atoms with Crippen LogP contribution in [0.1, 0.15) is 30.4 Å². The zero-order chi connectivity index (χ0) is 20.6. The summed E-state index contributed by atoms with van der Waals surface area (Å²) >= 11 is 0. The Labute approximate surface area is 168 Å². The highest BCUT2D eigenvalue weighted by Crippen LogP contribution is 2.41. The second-order valence-electron chi connectivity index (χ2n) is 7.43. The second-order valence-corrected chi connectivity index (χ2v) is 7.43. The van der Waals surface area contributed by atoms with Crippen LogP contribution in [0, 0.1) is 5.41 Å². The molecular formula is C22H22N4O3. The third-order valence-corrected chi connectivity index (χ3v) is 5.77. The van der Waals surface area contributed by atoms with Gasteiger partial charge >= 0.3 is 0 Å². The van der Waals surface area contributed by atoms with Gasteiger partial charge in [0.05, 0.1) is 11.4 Å². The van der Waals surface area contributed by atoms with Crippen molar-refractivity contribution in [3.05, 3.63) is 65.7 Å². The lowest BCUT2D eigenvalue weighted by atomic mass is 9.67. The van der Waals surface area contributed by atoms with E-state index in [1.165, 1.54) is 4.90 Å². The number of hydrogen-bond acceptors (Lipinski definition) is 4. The zero-order valence-electron chi connectivity index (χ0n) is 16.1. The predicted octanol–water partition coefficient (Wildman–Crippen LogP) is 1.60. The van der Waals surface area contributed by atoms with Gasteiger partial charge in [0.15, 0.2) is 0 Å². The number of carbonyl (C=O) groups excluding carboxylic acids is 3. The Hall–Kier alpha value is -3.48. The fourth-order valence-corrected chi connectivity index (χ4v) is 3.82. The number of fused-ring (bicyclic) bond motifs is 1. The number of carbonyl (C=O) groups is 3. The van der Waals surface area contributed by atoms with Crippen LogP contribution in [0.25, 0.3) is 0 Å². The molecule has 0 radical (unpaired) electrons. The quantitative estimate of drug-likeness (QED) is 0.775. The topological polar surface area (TPSA) is 105 Å². The predicted molar refractivity (Wildman–Crippen MR) is 109 cm³/mol. The summed E-state index contributed by atoms with van der Waals surface area (Å²) in [5, 5.41) is 2.68. The van der Waals surface area contributed by atoms with Gasteiger partial charge in [-0.15, -0.1) is 0 Å². The highest BCUT2D eigenvalue weighted by Gasteiger charge is 2.50. The molecule has 0 spiro atoms. The van der Waals surface area contributed by atoms with Crippen LogP contribution < -0.4 is 16.0 Å². The molecule has 3 amide bonds. The Morgan fingerprint density at radius 1 is 1.10 bits per heavy atom. The van der Waals surface area contributed by atoms with Crippen LogP contribution in [0.2, 0.25) is 0 Å². The molecule has 2 aromatic rings. The van der Waals surface area contributed by atoms with E-state index in [2.05, 4.69) is 10.3 Å². The van der Waals surface area contributed by atoms with Gasteiger partial charge in [0.2, 0.25) is 18.0 Å². The lowest BCUT2D eigenvalue weighted by molar-refractivity contribution is -0.149. The smallest absolute Gasteiger partial charge is 0.272 e. The van der Waals surface area contributed by atoms with Crippen molar-refractivity contribution in [3.8, 4) is 0 Å². The van der Waals surface area contributed by atoms with Gasteiger partial charge < -0.3 is 16.0 Å². The van der Waals surface area contributed by atoms with Crippen LogP contribution in [0.15, 0.2) is 59.6 Å². The molecule has 1 atom stereocenters. The molecule has 1 fully saturated rings. The van der Waals surface area contributed by atoms with Gasteiger partial charge in [-0.1, -0.05) is 55.0 Å². The molecule has 0 saturated heterocycles. The van der Waals surface area contributed by atoms with Crippen molar-refractivity contribution >= 4 is 29.1 Å². The van der Waals surface area contributed by atoms with Crippen molar-refractivity contribution in [3.63, 3.8) is 0 Å². The molecule has 3 N–H and O–H groups in total. The minimum Gasteiger partial charge on any atom is -0.369 e. The average molecular weight is 390 g/mol. The third kappa shape index (κ3) is 3.08. The summed E-state index contributed by atoms with van der Waals surface area (Å²) in [7, 11) is 1.65. The number of primary amides is 1. The number of anilines is 1. The molecule has 148 valence electrons. The molecule has 1 saturated carbocycles. The number of nitrogens with one attached hydrogen (secondary N) is 1. The van der Waals surface area contributed by atoms with Gasteiger partial charge in [-0.2, -0.15) is 0 Å². The third-order valence-electron chi connectivity index (χ3n) is 5.77. The Kier molecular flexibility index (Phi) is 4.66. The number of benzene rings is 2. The summed E-state index contributed by atoms with van der Waals surface area (Å²) in [6.07, 6.45) is 0.381. The van der Waals surface area contributed by atoms with Crippen LogP contribution in [0.4, 0.5) is 5.69 Å². The van der Waals surface area contributed by atoms with Crippen molar-refractivity contribution in [2.45, 2.75) is 25.4 Å². The summed E-state index contributed by atoms with van der Waals surface area (Å²) in [6, 6.07) is 16.9. The van der Waals surface area contributed by atoms with Gasteiger partial charge in [0.1, 0.15) is 5.41 Å².